The third-order valence-corrected chi connectivity index (χ3v) is 2.83. The molecule has 3 rings (SSSR count). The molecule has 1 aromatic heterocycles. The Labute approximate surface area is 103 Å². The first-order chi connectivity index (χ1) is 8.84. The third-order valence-electron chi connectivity index (χ3n) is 2.83. The molecule has 94 valence electrons. The van der Waals surface area contributed by atoms with Crippen molar-refractivity contribution in [1.29, 1.82) is 0 Å². The number of aromatic amines is 1. The van der Waals surface area contributed by atoms with Gasteiger partial charge in [-0.2, -0.15) is 10.1 Å². The van der Waals surface area contributed by atoms with Crippen molar-refractivity contribution in [2.45, 2.75) is 13.0 Å². The Morgan fingerprint density at radius 3 is 3.22 bits per heavy atom. The topological polar surface area (TPSA) is 74.9 Å². The van der Waals surface area contributed by atoms with Gasteiger partial charge >= 0.3 is 0 Å². The van der Waals surface area contributed by atoms with Gasteiger partial charge in [0.05, 0.1) is 6.61 Å². The minimum absolute atomic E-state index is 0.230. The maximum Gasteiger partial charge on any atom is 0.233 e. The molecule has 6 nitrogen and oxygen atoms in total. The minimum atomic E-state index is -0.230. The van der Waals surface area contributed by atoms with Crippen molar-refractivity contribution in [2.24, 2.45) is 0 Å². The van der Waals surface area contributed by atoms with Gasteiger partial charge in [0.15, 0.2) is 0 Å². The number of ether oxygens (including phenoxy) is 1. The standard InChI is InChI=1S/C11H12FN5O/c12-9-1-2-10-7(3-4-18-10)8(9)5-14-16-11-13-6-15-17-11/h1-2,6,14H,3-5H2,(H2,13,15,16,17). The molecule has 1 aliphatic heterocycles. The van der Waals surface area contributed by atoms with Gasteiger partial charge in [0.2, 0.25) is 5.95 Å². The van der Waals surface area contributed by atoms with E-state index in [1.165, 1.54) is 12.4 Å². The molecule has 2 aromatic rings. The molecule has 3 N–H and O–H groups in total. The number of anilines is 1. The highest BCUT2D eigenvalue weighted by molar-refractivity contribution is 5.43. The normalized spacial score (nSPS) is 13.2. The van der Waals surface area contributed by atoms with E-state index in [9.17, 15) is 4.39 Å². The highest BCUT2D eigenvalue weighted by atomic mass is 19.1. The summed E-state index contributed by atoms with van der Waals surface area (Å²) >= 11 is 0. The smallest absolute Gasteiger partial charge is 0.233 e. The summed E-state index contributed by atoms with van der Waals surface area (Å²) in [5.74, 6) is 1.03. The molecule has 0 unspecified atom stereocenters. The minimum Gasteiger partial charge on any atom is -0.493 e. The molecular weight excluding hydrogens is 237 g/mol. The Kier molecular flexibility index (Phi) is 2.81. The van der Waals surface area contributed by atoms with Gasteiger partial charge in [-0.15, -0.1) is 0 Å². The first-order valence-electron chi connectivity index (χ1n) is 5.62. The summed E-state index contributed by atoms with van der Waals surface area (Å²) in [5, 5.41) is 6.33. The molecule has 1 aliphatic rings. The Morgan fingerprint density at radius 2 is 2.39 bits per heavy atom. The molecule has 18 heavy (non-hydrogen) atoms. The fourth-order valence-corrected chi connectivity index (χ4v) is 1.99. The molecule has 0 aliphatic carbocycles. The van der Waals surface area contributed by atoms with Crippen LogP contribution < -0.4 is 15.6 Å². The zero-order valence-corrected chi connectivity index (χ0v) is 9.53. The van der Waals surface area contributed by atoms with Gasteiger partial charge < -0.3 is 4.74 Å². The van der Waals surface area contributed by atoms with Crippen LogP contribution in [0.25, 0.3) is 0 Å². The van der Waals surface area contributed by atoms with Crippen LogP contribution in [0.4, 0.5) is 10.3 Å². The number of fused-ring (bicyclic) bond motifs is 1. The number of nitrogens with one attached hydrogen (secondary N) is 3. The number of aromatic nitrogens is 3. The van der Waals surface area contributed by atoms with Crippen molar-refractivity contribution in [3.63, 3.8) is 0 Å². The van der Waals surface area contributed by atoms with Gasteiger partial charge in [0, 0.05) is 24.1 Å². The van der Waals surface area contributed by atoms with E-state index in [1.54, 1.807) is 6.07 Å². The summed E-state index contributed by atoms with van der Waals surface area (Å²) in [6.45, 7) is 0.959. The lowest BCUT2D eigenvalue weighted by Crippen LogP contribution is -2.23. The second-order valence-corrected chi connectivity index (χ2v) is 3.91. The van der Waals surface area contributed by atoms with Crippen molar-refractivity contribution < 1.29 is 9.13 Å². The fourth-order valence-electron chi connectivity index (χ4n) is 1.99. The van der Waals surface area contributed by atoms with Crippen LogP contribution in [0.1, 0.15) is 11.1 Å². The second kappa shape index (κ2) is 4.61. The van der Waals surface area contributed by atoms with Crippen LogP contribution in [0.2, 0.25) is 0 Å². The van der Waals surface area contributed by atoms with Gasteiger partial charge in [-0.1, -0.05) is 0 Å². The predicted molar refractivity (Wildman–Crippen MR) is 62.4 cm³/mol. The summed E-state index contributed by atoms with van der Waals surface area (Å²) in [7, 11) is 0. The van der Waals surface area contributed by atoms with E-state index in [0.717, 1.165) is 17.7 Å². The van der Waals surface area contributed by atoms with Crippen LogP contribution in [0.3, 0.4) is 0 Å². The Balaban J connectivity index is 1.71. The molecule has 0 spiro atoms. The average molecular weight is 249 g/mol. The van der Waals surface area contributed by atoms with Crippen LogP contribution in [-0.4, -0.2) is 21.8 Å². The number of nitrogens with zero attached hydrogens (tertiary/aromatic N) is 2. The zero-order valence-electron chi connectivity index (χ0n) is 9.53. The van der Waals surface area contributed by atoms with E-state index in [2.05, 4.69) is 26.0 Å². The van der Waals surface area contributed by atoms with E-state index in [1.807, 2.05) is 0 Å². The van der Waals surface area contributed by atoms with E-state index in [0.29, 0.717) is 24.7 Å². The van der Waals surface area contributed by atoms with Crippen LogP contribution in [0, 0.1) is 5.82 Å². The van der Waals surface area contributed by atoms with E-state index in [-0.39, 0.29) is 5.82 Å². The number of halogens is 1. The quantitative estimate of drug-likeness (QED) is 0.705. The van der Waals surface area contributed by atoms with Crippen LogP contribution in [0.15, 0.2) is 18.5 Å². The maximum absolute atomic E-state index is 13.8. The summed E-state index contributed by atoms with van der Waals surface area (Å²) in [4.78, 5) is 3.88. The van der Waals surface area contributed by atoms with Crippen LogP contribution in [0.5, 0.6) is 5.75 Å². The molecule has 0 saturated carbocycles. The van der Waals surface area contributed by atoms with Gasteiger partial charge in [-0.05, 0) is 12.1 Å². The van der Waals surface area contributed by atoms with Gasteiger partial charge in [0.25, 0.3) is 0 Å². The molecule has 1 aromatic carbocycles. The number of benzene rings is 1. The van der Waals surface area contributed by atoms with Gasteiger partial charge in [0.1, 0.15) is 17.9 Å². The SMILES string of the molecule is Fc1ccc2c(c1CNNc1ncn[nH]1)CCO2. The lowest BCUT2D eigenvalue weighted by atomic mass is 10.0. The second-order valence-electron chi connectivity index (χ2n) is 3.91. The van der Waals surface area contributed by atoms with Crippen molar-refractivity contribution in [3.05, 3.63) is 35.4 Å². The van der Waals surface area contributed by atoms with Gasteiger partial charge in [-0.3, -0.25) is 5.43 Å². The van der Waals surface area contributed by atoms with E-state index < -0.39 is 0 Å². The summed E-state index contributed by atoms with van der Waals surface area (Å²) in [6, 6.07) is 3.10. The molecule has 0 bridgehead atoms. The van der Waals surface area contributed by atoms with Crippen molar-refractivity contribution in [1.82, 2.24) is 20.6 Å². The zero-order chi connectivity index (χ0) is 12.4. The molecule has 0 amide bonds. The summed E-state index contributed by atoms with van der Waals surface area (Å²) in [6.07, 6.45) is 2.13. The molecule has 7 heteroatoms. The molecular formula is C11H12FN5O. The largest absolute Gasteiger partial charge is 0.493 e. The number of rotatable bonds is 4. The van der Waals surface area contributed by atoms with Crippen molar-refractivity contribution in [3.8, 4) is 5.75 Å². The van der Waals surface area contributed by atoms with Crippen molar-refractivity contribution in [2.75, 3.05) is 12.0 Å². The lowest BCUT2D eigenvalue weighted by molar-refractivity contribution is 0.356. The highest BCUT2D eigenvalue weighted by Crippen LogP contribution is 2.29. The van der Waals surface area contributed by atoms with Crippen LogP contribution in [-0.2, 0) is 13.0 Å². The third kappa shape index (κ3) is 2.00. The number of hydrogen-bond acceptors (Lipinski definition) is 5. The predicted octanol–water partition coefficient (Wildman–Crippen LogP) is 0.995. The average Bonchev–Trinajstić information content (AvgIpc) is 3.02. The van der Waals surface area contributed by atoms with Gasteiger partial charge in [-0.25, -0.2) is 14.9 Å². The van der Waals surface area contributed by atoms with Crippen molar-refractivity contribution >= 4 is 5.95 Å². The first kappa shape index (κ1) is 11.0. The Bertz CT molecular complexity index is 543. The number of H-pyrrole nitrogens is 1. The summed E-state index contributed by atoms with van der Waals surface area (Å²) < 4.78 is 19.2. The van der Waals surface area contributed by atoms with E-state index in [4.69, 9.17) is 4.74 Å². The maximum atomic E-state index is 13.8. The first-order valence-corrected chi connectivity index (χ1v) is 5.62. The molecule has 2 heterocycles. The number of hydrogen-bond donors (Lipinski definition) is 3. The Hall–Kier alpha value is -2.15. The number of hydrazine groups is 1. The monoisotopic (exact) mass is 249 g/mol. The molecule has 0 radical (unpaired) electrons. The molecule has 0 fully saturated rings. The fraction of sp³-hybridized carbons (Fsp3) is 0.273. The Morgan fingerprint density at radius 1 is 1.44 bits per heavy atom. The van der Waals surface area contributed by atoms with E-state index >= 15 is 0 Å². The van der Waals surface area contributed by atoms with Crippen LogP contribution >= 0.6 is 0 Å². The summed E-state index contributed by atoms with van der Waals surface area (Å²) in [5.41, 5.74) is 7.25. The molecule has 0 saturated heterocycles. The lowest BCUT2D eigenvalue weighted by Gasteiger charge is -2.10. The highest BCUT2D eigenvalue weighted by Gasteiger charge is 2.18. The molecule has 0 atom stereocenters.